The molecule has 0 amide bonds. The third-order valence-electron chi connectivity index (χ3n) is 2.24. The van der Waals surface area contributed by atoms with Gasteiger partial charge < -0.3 is 12.4 Å². The summed E-state index contributed by atoms with van der Waals surface area (Å²) in [6.07, 6.45) is 3.71. The zero-order valence-corrected chi connectivity index (χ0v) is 10.3. The monoisotopic (exact) mass is 254 g/mol. The lowest BCUT2D eigenvalue weighted by Crippen LogP contribution is -3.00. The van der Waals surface area contributed by atoms with Crippen LogP contribution in [0.5, 0.6) is 0 Å². The SMILES string of the molecule is Cn1cc[n+](C)c1N=Nc1ccccc1F.[Cl-]. The molecule has 0 atom stereocenters. The number of aromatic nitrogens is 2. The summed E-state index contributed by atoms with van der Waals surface area (Å²) in [6.45, 7) is 0. The number of benzene rings is 1. The Labute approximate surface area is 105 Å². The average Bonchev–Trinajstić information content (AvgIpc) is 2.58. The molecule has 90 valence electrons. The van der Waals surface area contributed by atoms with Crippen molar-refractivity contribution < 1.29 is 21.4 Å². The van der Waals surface area contributed by atoms with Gasteiger partial charge >= 0.3 is 5.95 Å². The van der Waals surface area contributed by atoms with Crippen LogP contribution in [0.4, 0.5) is 16.0 Å². The number of azo groups is 1. The van der Waals surface area contributed by atoms with Crippen LogP contribution in [0.1, 0.15) is 0 Å². The van der Waals surface area contributed by atoms with Crippen LogP contribution in [0.15, 0.2) is 46.9 Å². The molecular weight excluding hydrogens is 243 g/mol. The van der Waals surface area contributed by atoms with Crippen molar-refractivity contribution in [2.75, 3.05) is 0 Å². The van der Waals surface area contributed by atoms with Gasteiger partial charge in [-0.25, -0.2) is 13.5 Å². The van der Waals surface area contributed by atoms with E-state index in [1.54, 1.807) is 18.2 Å². The van der Waals surface area contributed by atoms with E-state index < -0.39 is 0 Å². The van der Waals surface area contributed by atoms with Gasteiger partial charge in [-0.2, -0.15) is 0 Å². The third-order valence-corrected chi connectivity index (χ3v) is 2.24. The lowest BCUT2D eigenvalue weighted by atomic mass is 10.3. The van der Waals surface area contributed by atoms with E-state index in [1.807, 2.05) is 35.6 Å². The molecule has 0 saturated heterocycles. The smallest absolute Gasteiger partial charge is 0.421 e. The van der Waals surface area contributed by atoms with Gasteiger partial charge in [0.1, 0.15) is 5.69 Å². The van der Waals surface area contributed by atoms with Crippen molar-refractivity contribution in [3.63, 3.8) is 0 Å². The largest absolute Gasteiger partial charge is 1.00 e. The highest BCUT2D eigenvalue weighted by molar-refractivity contribution is 5.37. The van der Waals surface area contributed by atoms with Crippen LogP contribution < -0.4 is 17.0 Å². The zero-order valence-electron chi connectivity index (χ0n) is 9.51. The van der Waals surface area contributed by atoms with E-state index in [1.165, 1.54) is 6.07 Å². The Morgan fingerprint density at radius 3 is 2.53 bits per heavy atom. The average molecular weight is 255 g/mol. The van der Waals surface area contributed by atoms with Crippen molar-refractivity contribution in [3.8, 4) is 0 Å². The summed E-state index contributed by atoms with van der Waals surface area (Å²) in [6, 6.07) is 6.29. The molecule has 0 radical (unpaired) electrons. The highest BCUT2D eigenvalue weighted by atomic mass is 35.5. The maximum absolute atomic E-state index is 13.3. The molecule has 2 rings (SSSR count). The topological polar surface area (TPSA) is 33.5 Å². The second-order valence-corrected chi connectivity index (χ2v) is 3.47. The van der Waals surface area contributed by atoms with Gasteiger partial charge in [0.05, 0.1) is 26.5 Å². The fourth-order valence-corrected chi connectivity index (χ4v) is 1.35. The molecule has 0 saturated carbocycles. The van der Waals surface area contributed by atoms with Crippen LogP contribution in [-0.4, -0.2) is 4.57 Å². The number of halogens is 2. The molecule has 0 aliphatic carbocycles. The fraction of sp³-hybridized carbons (Fsp3) is 0.182. The van der Waals surface area contributed by atoms with Gasteiger partial charge in [0.2, 0.25) is 0 Å². The van der Waals surface area contributed by atoms with Crippen molar-refractivity contribution in [3.05, 3.63) is 42.5 Å². The number of hydrogen-bond donors (Lipinski definition) is 0. The molecule has 1 aromatic carbocycles. The van der Waals surface area contributed by atoms with Crippen molar-refractivity contribution in [1.82, 2.24) is 4.57 Å². The predicted octanol–water partition coefficient (Wildman–Crippen LogP) is -0.592. The number of nitrogens with zero attached hydrogens (tertiary/aromatic N) is 4. The predicted molar refractivity (Wildman–Crippen MR) is 57.2 cm³/mol. The van der Waals surface area contributed by atoms with E-state index in [0.717, 1.165) is 0 Å². The number of aryl methyl sites for hydroxylation is 2. The lowest BCUT2D eigenvalue weighted by molar-refractivity contribution is -0.657. The maximum atomic E-state index is 13.3. The molecule has 2 aromatic rings. The van der Waals surface area contributed by atoms with E-state index >= 15 is 0 Å². The minimum Gasteiger partial charge on any atom is -1.00 e. The summed E-state index contributed by atoms with van der Waals surface area (Å²) in [4.78, 5) is 0. The van der Waals surface area contributed by atoms with Gasteiger partial charge in [-0.1, -0.05) is 17.2 Å². The first-order valence-corrected chi connectivity index (χ1v) is 4.85. The number of imidazole rings is 1. The molecule has 0 unspecified atom stereocenters. The molecule has 6 heteroatoms. The fourth-order valence-electron chi connectivity index (χ4n) is 1.35. The number of rotatable bonds is 2. The highest BCUT2D eigenvalue weighted by Gasteiger charge is 2.10. The molecule has 0 aliphatic heterocycles. The van der Waals surface area contributed by atoms with Crippen molar-refractivity contribution in [2.45, 2.75) is 0 Å². The molecule has 1 aromatic heterocycles. The standard InChI is InChI=1S/C11H12FN4.ClH/c1-15-7-8-16(2)11(15)14-13-10-6-4-3-5-9(10)12;/h3-8H,1-2H3;1H/q+1;/p-1. The van der Waals surface area contributed by atoms with Crippen molar-refractivity contribution >= 4 is 11.6 Å². The third kappa shape index (κ3) is 2.88. The van der Waals surface area contributed by atoms with E-state index in [-0.39, 0.29) is 23.9 Å². The Kier molecular flexibility index (Phi) is 4.34. The second-order valence-electron chi connectivity index (χ2n) is 3.47. The minimum absolute atomic E-state index is 0. The first-order chi connectivity index (χ1) is 7.68. The Hall–Kier alpha value is -1.75. The van der Waals surface area contributed by atoms with Gasteiger partial charge in [0.15, 0.2) is 5.82 Å². The quantitative estimate of drug-likeness (QED) is 0.507. The maximum Gasteiger partial charge on any atom is 0.421 e. The van der Waals surface area contributed by atoms with E-state index in [2.05, 4.69) is 10.2 Å². The van der Waals surface area contributed by atoms with Crippen LogP contribution in [0.25, 0.3) is 0 Å². The highest BCUT2D eigenvalue weighted by Crippen LogP contribution is 2.18. The van der Waals surface area contributed by atoms with Gasteiger partial charge in [0, 0.05) is 5.11 Å². The lowest BCUT2D eigenvalue weighted by Gasteiger charge is -1.91. The zero-order chi connectivity index (χ0) is 11.5. The van der Waals surface area contributed by atoms with Gasteiger partial charge in [-0.15, -0.1) is 0 Å². The van der Waals surface area contributed by atoms with Gasteiger partial charge in [-0.3, -0.25) is 0 Å². The molecule has 4 nitrogen and oxygen atoms in total. The molecule has 1 heterocycles. The van der Waals surface area contributed by atoms with Crippen molar-refractivity contribution in [2.24, 2.45) is 24.3 Å². The first kappa shape index (κ1) is 13.3. The van der Waals surface area contributed by atoms with E-state index in [9.17, 15) is 4.39 Å². The summed E-state index contributed by atoms with van der Waals surface area (Å²) in [5.41, 5.74) is 0.240. The molecule has 0 aliphatic rings. The summed E-state index contributed by atoms with van der Waals surface area (Å²) >= 11 is 0. The Bertz CT molecular complexity index is 517. The van der Waals surface area contributed by atoms with Crippen LogP contribution in [0.3, 0.4) is 0 Å². The molecular formula is C11H12ClFN4. The molecule has 0 fully saturated rings. The normalized spacial score (nSPS) is 10.5. The molecule has 0 N–H and O–H groups in total. The van der Waals surface area contributed by atoms with Crippen LogP contribution in [0, 0.1) is 5.82 Å². The summed E-state index contributed by atoms with van der Waals surface area (Å²) < 4.78 is 16.9. The Balaban J connectivity index is 0.00000144. The number of hydrogen-bond acceptors (Lipinski definition) is 2. The molecule has 17 heavy (non-hydrogen) atoms. The van der Waals surface area contributed by atoms with Crippen molar-refractivity contribution in [1.29, 1.82) is 0 Å². The van der Waals surface area contributed by atoms with Gasteiger partial charge in [0.25, 0.3) is 0 Å². The van der Waals surface area contributed by atoms with Gasteiger partial charge in [-0.05, 0) is 12.1 Å². The van der Waals surface area contributed by atoms with Crippen LogP contribution in [0.2, 0.25) is 0 Å². The Morgan fingerprint density at radius 1 is 1.24 bits per heavy atom. The summed E-state index contributed by atoms with van der Waals surface area (Å²) in [5.74, 6) is 0.284. The first-order valence-electron chi connectivity index (χ1n) is 4.85. The van der Waals surface area contributed by atoms with Crippen LogP contribution in [-0.2, 0) is 14.1 Å². The summed E-state index contributed by atoms with van der Waals surface area (Å²) in [7, 11) is 3.71. The summed E-state index contributed by atoms with van der Waals surface area (Å²) in [5, 5.41) is 7.89. The molecule has 0 bridgehead atoms. The second kappa shape index (κ2) is 5.54. The van der Waals surface area contributed by atoms with E-state index in [0.29, 0.717) is 5.95 Å². The van der Waals surface area contributed by atoms with Crippen LogP contribution >= 0.6 is 0 Å². The Morgan fingerprint density at radius 2 is 1.94 bits per heavy atom. The molecule has 0 spiro atoms. The minimum atomic E-state index is -0.372. The van der Waals surface area contributed by atoms with E-state index in [4.69, 9.17) is 0 Å².